The predicted octanol–water partition coefficient (Wildman–Crippen LogP) is 10.3. The van der Waals surface area contributed by atoms with Crippen LogP contribution in [0, 0.1) is 58.7 Å². The number of fused-ring (bicyclic) bond motifs is 5. The Hall–Kier alpha value is -1.31. The van der Waals surface area contributed by atoms with Gasteiger partial charge in [0.25, 0.3) is 10.1 Å². The molecule has 4 aliphatic carbocycles. The monoisotopic (exact) mass is 658 g/mol. The first-order valence-corrected chi connectivity index (χ1v) is 20.1. The fourth-order valence-corrected chi connectivity index (χ4v) is 11.8. The van der Waals surface area contributed by atoms with Crippen molar-refractivity contribution in [1.82, 2.24) is 4.90 Å². The molecule has 0 bridgehead atoms. The van der Waals surface area contributed by atoms with Crippen molar-refractivity contribution in [3.8, 4) is 0 Å². The van der Waals surface area contributed by atoms with Gasteiger partial charge in [-0.25, -0.2) is 0 Å². The second kappa shape index (κ2) is 14.8. The van der Waals surface area contributed by atoms with E-state index in [9.17, 15) is 8.42 Å². The Morgan fingerprint density at radius 3 is 2.40 bits per heavy atom. The smallest absolute Gasteiger partial charge is 0.294 e. The Morgan fingerprint density at radius 1 is 1.07 bits per heavy atom. The van der Waals surface area contributed by atoms with Crippen LogP contribution in [0.5, 0.6) is 0 Å². The molecule has 0 heterocycles. The highest BCUT2D eigenvalue weighted by Gasteiger charge is 2.59. The number of aryl methyl sites for hydroxylation is 1. The first kappa shape index (κ1) is 36.5. The molecule has 4 aliphatic rings. The van der Waals surface area contributed by atoms with Crippen molar-refractivity contribution in [3.05, 3.63) is 41.5 Å². The third-order valence-corrected chi connectivity index (χ3v) is 15.0. The third-order valence-electron chi connectivity index (χ3n) is 12.7. The molecule has 5 rings (SSSR count). The zero-order chi connectivity index (χ0) is 33.2. The van der Waals surface area contributed by atoms with Crippen LogP contribution in [0.3, 0.4) is 0 Å². The minimum absolute atomic E-state index is 0.0278. The topological polar surface area (TPSA) is 81.5 Å². The summed E-state index contributed by atoms with van der Waals surface area (Å²) in [6.07, 6.45) is 18.1. The van der Waals surface area contributed by atoms with Gasteiger partial charge >= 0.3 is 0 Å². The van der Waals surface area contributed by atoms with Crippen molar-refractivity contribution in [2.24, 2.45) is 46.3 Å². The summed E-state index contributed by atoms with van der Waals surface area (Å²) >= 11 is 1.83. The summed E-state index contributed by atoms with van der Waals surface area (Å²) in [5, 5.41) is 9.81. The van der Waals surface area contributed by atoms with E-state index in [4.69, 9.17) is 9.96 Å². The van der Waals surface area contributed by atoms with Crippen molar-refractivity contribution >= 4 is 27.0 Å². The summed E-state index contributed by atoms with van der Waals surface area (Å²) in [7, 11) is -1.97. The molecule has 3 saturated carbocycles. The Morgan fingerprint density at radius 2 is 1.78 bits per heavy atom. The summed E-state index contributed by atoms with van der Waals surface area (Å²) < 4.78 is 29.9. The molecule has 8 atom stereocenters. The highest BCUT2D eigenvalue weighted by atomic mass is 32.2. The summed E-state index contributed by atoms with van der Waals surface area (Å²) in [6.45, 7) is 17.4. The minimum Gasteiger partial charge on any atom is -0.355 e. The van der Waals surface area contributed by atoms with E-state index in [1.807, 2.05) is 11.8 Å². The van der Waals surface area contributed by atoms with Gasteiger partial charge in [0, 0.05) is 18.8 Å². The molecule has 0 radical (unpaired) electrons. The second-order valence-electron chi connectivity index (χ2n) is 15.8. The van der Waals surface area contributed by atoms with Crippen LogP contribution in [0.1, 0.15) is 118 Å². The fraction of sp³-hybridized carbons (Fsp3) is 0.763. The van der Waals surface area contributed by atoms with E-state index in [0.29, 0.717) is 21.6 Å². The molecule has 2 N–H and O–H groups in total. The number of hydrogen-bond donors (Lipinski definition) is 2. The van der Waals surface area contributed by atoms with Gasteiger partial charge in [-0.2, -0.15) is 8.42 Å². The molecule has 254 valence electrons. The largest absolute Gasteiger partial charge is 0.355 e. The highest BCUT2D eigenvalue weighted by molar-refractivity contribution is 8.14. The lowest BCUT2D eigenvalue weighted by Gasteiger charge is -2.58. The van der Waals surface area contributed by atoms with E-state index in [1.165, 1.54) is 76.7 Å². The van der Waals surface area contributed by atoms with Crippen LogP contribution in [0.15, 0.2) is 40.8 Å². The molecule has 1 aromatic rings. The molecule has 1 aromatic carbocycles. The van der Waals surface area contributed by atoms with E-state index in [0.717, 1.165) is 47.2 Å². The van der Waals surface area contributed by atoms with Crippen LogP contribution in [0.2, 0.25) is 0 Å². The third kappa shape index (κ3) is 8.05. The number of nitrogens with zero attached hydrogens (tertiary/aromatic N) is 1. The van der Waals surface area contributed by atoms with E-state index in [1.54, 1.807) is 30.7 Å². The zero-order valence-electron chi connectivity index (χ0n) is 29.4. The maximum atomic E-state index is 10.6. The molecule has 5 nitrogen and oxygen atoms in total. The lowest BCUT2D eigenvalue weighted by Crippen LogP contribution is -2.50. The van der Waals surface area contributed by atoms with Crippen molar-refractivity contribution < 1.29 is 13.0 Å². The number of allylic oxidation sites excluding steroid dienone is 2. The van der Waals surface area contributed by atoms with Crippen LogP contribution in [-0.4, -0.2) is 41.9 Å². The lowest BCUT2D eigenvalue weighted by atomic mass is 9.47. The average molecular weight is 659 g/mol. The maximum Gasteiger partial charge on any atom is 0.294 e. The summed E-state index contributed by atoms with van der Waals surface area (Å²) in [4.78, 5) is 2.06. The van der Waals surface area contributed by atoms with Crippen LogP contribution < -0.4 is 0 Å². The molecule has 45 heavy (non-hydrogen) atoms. The summed E-state index contributed by atoms with van der Waals surface area (Å²) in [5.41, 5.74) is 3.34. The Kier molecular flexibility index (Phi) is 12.1. The van der Waals surface area contributed by atoms with Gasteiger partial charge in [-0.15, -0.1) is 0 Å². The predicted molar refractivity (Wildman–Crippen MR) is 191 cm³/mol. The lowest BCUT2D eigenvalue weighted by molar-refractivity contribution is -0.0497. The maximum absolute atomic E-state index is 10.6. The number of hydrogen-bond acceptors (Lipinski definition) is 4. The van der Waals surface area contributed by atoms with E-state index >= 15 is 0 Å². The molecule has 3 fully saturated rings. The van der Waals surface area contributed by atoms with Gasteiger partial charge in [-0.3, -0.25) is 9.96 Å². The van der Waals surface area contributed by atoms with Gasteiger partial charge in [0.2, 0.25) is 0 Å². The molecular formula is C38H62N2O3S2. The molecule has 0 spiro atoms. The Labute approximate surface area is 280 Å². The van der Waals surface area contributed by atoms with Crippen molar-refractivity contribution in [2.75, 3.05) is 13.6 Å². The van der Waals surface area contributed by atoms with E-state index in [2.05, 4.69) is 59.6 Å². The molecule has 8 unspecified atom stereocenters. The van der Waals surface area contributed by atoms with Crippen molar-refractivity contribution in [2.45, 2.75) is 129 Å². The van der Waals surface area contributed by atoms with Gasteiger partial charge in [-0.05, 0) is 123 Å². The number of thioether (sulfide) groups is 1. The molecule has 7 heteroatoms. The van der Waals surface area contributed by atoms with Crippen molar-refractivity contribution in [3.63, 3.8) is 0 Å². The van der Waals surface area contributed by atoms with Gasteiger partial charge in [-0.1, -0.05) is 95.5 Å². The van der Waals surface area contributed by atoms with Gasteiger partial charge in [0.1, 0.15) is 0 Å². The van der Waals surface area contributed by atoms with Crippen LogP contribution in [0.4, 0.5) is 0 Å². The molecule has 0 aromatic heterocycles. The number of nitrogens with one attached hydrogen (secondary N) is 1. The quantitative estimate of drug-likeness (QED) is 0.126. The fourth-order valence-electron chi connectivity index (χ4n) is 9.99. The normalized spacial score (nSPS) is 33.2. The van der Waals surface area contributed by atoms with Crippen LogP contribution in [-0.2, 0) is 10.1 Å². The van der Waals surface area contributed by atoms with Gasteiger partial charge in [0.05, 0.1) is 4.90 Å². The summed E-state index contributed by atoms with van der Waals surface area (Å²) in [5.74, 6) is 5.50. The molecule has 0 amide bonds. The second-order valence-corrected chi connectivity index (χ2v) is 18.5. The SMILES string of the molecule is CCN(C)C(=N)SC1CCC2(C)C(=CCC3C2CCC2(C)C(C(C)CCCC(C)C)CCC32)C1.Cc1ccccc1S(=O)(=O)O. The van der Waals surface area contributed by atoms with Gasteiger partial charge in [0.15, 0.2) is 5.17 Å². The van der Waals surface area contributed by atoms with Gasteiger partial charge < -0.3 is 4.90 Å². The Balaban J connectivity index is 0.000000354. The Bertz CT molecular complexity index is 1310. The molecule has 0 saturated heterocycles. The van der Waals surface area contributed by atoms with Crippen LogP contribution >= 0.6 is 11.8 Å². The highest BCUT2D eigenvalue weighted by Crippen LogP contribution is 2.67. The van der Waals surface area contributed by atoms with Crippen LogP contribution in [0.25, 0.3) is 0 Å². The first-order valence-electron chi connectivity index (χ1n) is 17.8. The van der Waals surface area contributed by atoms with E-state index in [-0.39, 0.29) is 4.90 Å². The van der Waals surface area contributed by atoms with Crippen molar-refractivity contribution in [1.29, 1.82) is 5.41 Å². The zero-order valence-corrected chi connectivity index (χ0v) is 31.1. The first-order chi connectivity index (χ1) is 21.1. The summed E-state index contributed by atoms with van der Waals surface area (Å²) in [6, 6.07) is 6.27. The molecule has 0 aliphatic heterocycles. The van der Waals surface area contributed by atoms with E-state index < -0.39 is 10.1 Å². The minimum atomic E-state index is -4.03. The number of benzene rings is 1. The number of amidine groups is 1. The average Bonchev–Trinajstić information content (AvgIpc) is 3.34. The molecular weight excluding hydrogens is 597 g/mol. The standard InChI is InChI=1S/C31H54N2S.C7H8O3S/c1-8-33(7)29(32)34-24-16-18-30(5)23(20-24)12-13-25-27-15-14-26(22(4)11-9-10-21(2)3)31(27,6)19-17-28(25)30;1-6-4-2-3-5-7(6)11(8,9)10/h12,21-22,24-28,32H,8-11,13-20H2,1-7H3;2-5H,1H3,(H,8,9,10). The number of rotatable bonds is 8.